The van der Waals surface area contributed by atoms with E-state index in [1.807, 2.05) is 4.90 Å². The van der Waals surface area contributed by atoms with Crippen LogP contribution in [-0.4, -0.2) is 44.1 Å². The van der Waals surface area contributed by atoms with Crippen molar-refractivity contribution in [3.8, 4) is 0 Å². The number of hydrogen-bond acceptors (Lipinski definition) is 4. The molecule has 2 aliphatic heterocycles. The molecule has 2 bridgehead atoms. The van der Waals surface area contributed by atoms with Gasteiger partial charge in [-0.05, 0) is 25.7 Å². The van der Waals surface area contributed by atoms with Crippen LogP contribution in [0.25, 0.3) is 0 Å². The summed E-state index contributed by atoms with van der Waals surface area (Å²) in [5, 5.41) is 9.72. The molecule has 2 saturated heterocycles. The van der Waals surface area contributed by atoms with Gasteiger partial charge in [0.2, 0.25) is 5.91 Å². The van der Waals surface area contributed by atoms with Gasteiger partial charge in [0.05, 0.1) is 12.5 Å². The van der Waals surface area contributed by atoms with Crippen molar-refractivity contribution in [2.75, 3.05) is 0 Å². The van der Waals surface area contributed by atoms with Gasteiger partial charge < -0.3 is 15.0 Å². The molecule has 0 spiro atoms. The zero-order chi connectivity index (χ0) is 14.3. The molecular formula is C13H17N3O4. The van der Waals surface area contributed by atoms with Crippen LogP contribution in [0.3, 0.4) is 0 Å². The SMILES string of the molecule is O=C(Cc1cc(=O)[nH]c(=O)[nH]1)N1C2CCC1CC(O)C2. The van der Waals surface area contributed by atoms with E-state index in [0.29, 0.717) is 18.5 Å². The van der Waals surface area contributed by atoms with E-state index in [1.165, 1.54) is 6.07 Å². The predicted octanol–water partition coefficient (Wildman–Crippen LogP) is -0.880. The number of H-pyrrole nitrogens is 2. The number of nitrogens with one attached hydrogen (secondary N) is 2. The Labute approximate surface area is 114 Å². The average Bonchev–Trinajstić information content (AvgIpc) is 2.60. The fourth-order valence-electron chi connectivity index (χ4n) is 3.42. The third-order valence-electron chi connectivity index (χ3n) is 4.15. The van der Waals surface area contributed by atoms with E-state index < -0.39 is 11.2 Å². The topological polar surface area (TPSA) is 106 Å². The van der Waals surface area contributed by atoms with Crippen molar-refractivity contribution >= 4 is 5.91 Å². The van der Waals surface area contributed by atoms with Gasteiger partial charge in [-0.2, -0.15) is 0 Å². The molecule has 2 aliphatic rings. The average molecular weight is 279 g/mol. The second kappa shape index (κ2) is 4.90. The summed E-state index contributed by atoms with van der Waals surface area (Å²) in [5.41, 5.74) is -0.778. The highest BCUT2D eigenvalue weighted by atomic mass is 16.3. The van der Waals surface area contributed by atoms with E-state index in [-0.39, 0.29) is 30.5 Å². The first-order valence-corrected chi connectivity index (χ1v) is 6.84. The number of carbonyl (C=O) groups is 1. The van der Waals surface area contributed by atoms with Crippen molar-refractivity contribution in [1.29, 1.82) is 0 Å². The molecule has 0 aliphatic carbocycles. The molecule has 7 nitrogen and oxygen atoms in total. The molecular weight excluding hydrogens is 262 g/mol. The summed E-state index contributed by atoms with van der Waals surface area (Å²) in [6.07, 6.45) is 2.76. The van der Waals surface area contributed by atoms with Crippen molar-refractivity contribution in [2.45, 2.75) is 50.3 Å². The Morgan fingerprint density at radius 2 is 1.90 bits per heavy atom. The quantitative estimate of drug-likeness (QED) is 0.653. The highest BCUT2D eigenvalue weighted by molar-refractivity contribution is 5.79. The lowest BCUT2D eigenvalue weighted by atomic mass is 9.99. The second-order valence-electron chi connectivity index (χ2n) is 5.60. The normalized spacial score (nSPS) is 28.6. The first-order valence-electron chi connectivity index (χ1n) is 6.84. The first kappa shape index (κ1) is 13.1. The van der Waals surface area contributed by atoms with Gasteiger partial charge in [-0.25, -0.2) is 4.79 Å². The minimum atomic E-state index is -0.600. The van der Waals surface area contributed by atoms with Crippen molar-refractivity contribution < 1.29 is 9.90 Å². The summed E-state index contributed by atoms with van der Waals surface area (Å²) >= 11 is 0. The molecule has 0 saturated carbocycles. The lowest BCUT2D eigenvalue weighted by Gasteiger charge is -2.37. The molecule has 1 amide bonds. The number of aromatic amines is 2. The number of piperidine rings is 1. The molecule has 3 N–H and O–H groups in total. The maximum absolute atomic E-state index is 12.4. The van der Waals surface area contributed by atoms with Gasteiger partial charge in [-0.15, -0.1) is 0 Å². The molecule has 1 aromatic rings. The van der Waals surface area contributed by atoms with Crippen molar-refractivity contribution in [2.24, 2.45) is 0 Å². The summed E-state index contributed by atoms with van der Waals surface area (Å²) in [6, 6.07) is 1.41. The lowest BCUT2D eigenvalue weighted by Crippen LogP contribution is -2.48. The largest absolute Gasteiger partial charge is 0.393 e. The number of carbonyl (C=O) groups excluding carboxylic acids is 1. The maximum Gasteiger partial charge on any atom is 0.325 e. The molecule has 0 radical (unpaired) electrons. The smallest absolute Gasteiger partial charge is 0.325 e. The van der Waals surface area contributed by atoms with Gasteiger partial charge in [0.1, 0.15) is 0 Å². The summed E-state index contributed by atoms with van der Waals surface area (Å²) < 4.78 is 0. The Bertz CT molecular complexity index is 593. The molecule has 2 fully saturated rings. The number of aromatic nitrogens is 2. The van der Waals surface area contributed by atoms with Crippen LogP contribution in [0.1, 0.15) is 31.4 Å². The Balaban J connectivity index is 1.77. The Morgan fingerprint density at radius 3 is 2.50 bits per heavy atom. The molecule has 1 aromatic heterocycles. The van der Waals surface area contributed by atoms with E-state index >= 15 is 0 Å². The van der Waals surface area contributed by atoms with Crippen LogP contribution in [0, 0.1) is 0 Å². The van der Waals surface area contributed by atoms with Gasteiger partial charge in [0.25, 0.3) is 5.56 Å². The van der Waals surface area contributed by atoms with Crippen LogP contribution >= 0.6 is 0 Å². The van der Waals surface area contributed by atoms with E-state index in [2.05, 4.69) is 9.97 Å². The zero-order valence-corrected chi connectivity index (χ0v) is 11.0. The molecule has 3 rings (SSSR count). The highest BCUT2D eigenvalue weighted by Gasteiger charge is 2.42. The fourth-order valence-corrected chi connectivity index (χ4v) is 3.42. The minimum absolute atomic E-state index is 0.0161. The zero-order valence-electron chi connectivity index (χ0n) is 11.0. The molecule has 3 heterocycles. The summed E-state index contributed by atoms with van der Waals surface area (Å²) in [4.78, 5) is 41.1. The number of rotatable bonds is 2. The maximum atomic E-state index is 12.4. The lowest BCUT2D eigenvalue weighted by molar-refractivity contribution is -0.136. The van der Waals surface area contributed by atoms with Crippen molar-refractivity contribution in [3.05, 3.63) is 32.6 Å². The standard InChI is InChI=1S/C13H17N3O4/c17-10-5-8-1-2-9(6-10)16(8)12(19)4-7-3-11(18)15-13(20)14-7/h3,8-10,17H,1-2,4-6H2,(H2,14,15,18,20). The monoisotopic (exact) mass is 279 g/mol. The number of aliphatic hydroxyl groups is 1. The number of fused-ring (bicyclic) bond motifs is 2. The number of aliphatic hydroxyl groups excluding tert-OH is 1. The number of nitrogens with zero attached hydrogens (tertiary/aromatic N) is 1. The Morgan fingerprint density at radius 1 is 1.25 bits per heavy atom. The Hall–Kier alpha value is -1.89. The number of amides is 1. The van der Waals surface area contributed by atoms with Gasteiger partial charge in [-0.1, -0.05) is 0 Å². The molecule has 2 atom stereocenters. The first-order chi connectivity index (χ1) is 9.52. The van der Waals surface area contributed by atoms with Crippen LogP contribution in [0.5, 0.6) is 0 Å². The summed E-state index contributed by atoms with van der Waals surface area (Å²) in [6.45, 7) is 0. The third-order valence-corrected chi connectivity index (χ3v) is 4.15. The van der Waals surface area contributed by atoms with E-state index in [4.69, 9.17) is 0 Å². The van der Waals surface area contributed by atoms with Gasteiger partial charge in [0.15, 0.2) is 0 Å². The van der Waals surface area contributed by atoms with Gasteiger partial charge >= 0.3 is 5.69 Å². The number of hydrogen-bond donors (Lipinski definition) is 3. The molecule has 108 valence electrons. The van der Waals surface area contributed by atoms with Crippen LogP contribution in [0.4, 0.5) is 0 Å². The molecule has 7 heteroatoms. The van der Waals surface area contributed by atoms with Crippen LogP contribution in [0.15, 0.2) is 15.7 Å². The molecule has 2 unspecified atom stereocenters. The van der Waals surface area contributed by atoms with E-state index in [9.17, 15) is 19.5 Å². The van der Waals surface area contributed by atoms with Gasteiger partial charge in [0, 0.05) is 23.8 Å². The van der Waals surface area contributed by atoms with E-state index in [1.54, 1.807) is 0 Å². The fraction of sp³-hybridized carbons (Fsp3) is 0.615. The van der Waals surface area contributed by atoms with Crippen LogP contribution in [0.2, 0.25) is 0 Å². The summed E-state index contributed by atoms with van der Waals surface area (Å²) in [7, 11) is 0. The molecule has 20 heavy (non-hydrogen) atoms. The van der Waals surface area contributed by atoms with Gasteiger partial charge in [-0.3, -0.25) is 14.6 Å². The van der Waals surface area contributed by atoms with Crippen LogP contribution in [-0.2, 0) is 11.2 Å². The molecule has 0 aromatic carbocycles. The predicted molar refractivity (Wildman–Crippen MR) is 70.3 cm³/mol. The minimum Gasteiger partial charge on any atom is -0.393 e. The van der Waals surface area contributed by atoms with Crippen molar-refractivity contribution in [3.63, 3.8) is 0 Å². The van der Waals surface area contributed by atoms with Crippen LogP contribution < -0.4 is 11.2 Å². The third kappa shape index (κ3) is 2.40. The Kier molecular flexibility index (Phi) is 3.21. The summed E-state index contributed by atoms with van der Waals surface area (Å²) in [5.74, 6) is -0.0920. The second-order valence-corrected chi connectivity index (χ2v) is 5.60. The highest BCUT2D eigenvalue weighted by Crippen LogP contribution is 2.35. The van der Waals surface area contributed by atoms with E-state index in [0.717, 1.165) is 12.8 Å². The van der Waals surface area contributed by atoms with Crippen molar-refractivity contribution in [1.82, 2.24) is 14.9 Å².